The van der Waals surface area contributed by atoms with Gasteiger partial charge in [-0.25, -0.2) is 14.4 Å². The van der Waals surface area contributed by atoms with Crippen molar-refractivity contribution in [3.05, 3.63) is 101 Å². The average Bonchev–Trinajstić information content (AvgIpc) is 3.56. The quantitative estimate of drug-likeness (QED) is 0.0505. The first-order chi connectivity index (χ1) is 29.3. The summed E-state index contributed by atoms with van der Waals surface area (Å²) in [5.74, 6) is -2.60. The van der Waals surface area contributed by atoms with Gasteiger partial charge in [-0.2, -0.15) is 0 Å². The van der Waals surface area contributed by atoms with E-state index in [1.54, 1.807) is 18.2 Å². The number of carboxylic acid groups (broad SMARTS) is 2. The molecule has 0 saturated heterocycles. The lowest BCUT2D eigenvalue weighted by molar-refractivity contribution is -0.132. The molecular formula is C44H54N2O14. The molecule has 324 valence electrons. The van der Waals surface area contributed by atoms with Crippen LogP contribution in [-0.4, -0.2) is 140 Å². The highest BCUT2D eigenvalue weighted by atomic mass is 16.6. The lowest BCUT2D eigenvalue weighted by Gasteiger charge is -2.14. The third kappa shape index (κ3) is 18.2. The maximum absolute atomic E-state index is 12.5. The number of carbonyl (C=O) groups is 4. The molecule has 1 aliphatic carbocycles. The number of rotatable bonds is 31. The monoisotopic (exact) mass is 834 g/mol. The Morgan fingerprint density at radius 3 is 1.55 bits per heavy atom. The molecule has 2 amide bonds. The van der Waals surface area contributed by atoms with Crippen molar-refractivity contribution in [2.75, 3.05) is 111 Å². The molecule has 4 rings (SSSR count). The van der Waals surface area contributed by atoms with Gasteiger partial charge in [-0.15, -0.1) is 0 Å². The molecule has 4 N–H and O–H groups in total. The van der Waals surface area contributed by atoms with Crippen molar-refractivity contribution in [1.29, 1.82) is 0 Å². The minimum Gasteiger partial charge on any atom is -0.478 e. The van der Waals surface area contributed by atoms with Crippen LogP contribution < -0.4 is 10.6 Å². The lowest BCUT2D eigenvalue weighted by Crippen LogP contribution is -2.29. The van der Waals surface area contributed by atoms with Crippen molar-refractivity contribution in [1.82, 2.24) is 5.32 Å². The number of fused-ring (bicyclic) bond motifs is 3. The van der Waals surface area contributed by atoms with Gasteiger partial charge in [-0.05, 0) is 51.6 Å². The number of carbonyl (C=O) groups excluding carboxylic acids is 2. The molecular weight excluding hydrogens is 780 g/mol. The number of benzene rings is 3. The van der Waals surface area contributed by atoms with Crippen LogP contribution in [0.1, 0.15) is 34.6 Å². The fraction of sp³-hybridized carbons (Fsp3) is 0.409. The van der Waals surface area contributed by atoms with Gasteiger partial charge in [-0.1, -0.05) is 60.7 Å². The smallest absolute Gasteiger partial charge is 0.407 e. The second-order valence-corrected chi connectivity index (χ2v) is 13.0. The van der Waals surface area contributed by atoms with Gasteiger partial charge in [0.1, 0.15) is 6.61 Å². The van der Waals surface area contributed by atoms with Crippen LogP contribution in [0, 0.1) is 0 Å². The van der Waals surface area contributed by atoms with Gasteiger partial charge in [0.15, 0.2) is 0 Å². The predicted molar refractivity (Wildman–Crippen MR) is 222 cm³/mol. The van der Waals surface area contributed by atoms with Crippen LogP contribution in [0.2, 0.25) is 0 Å². The predicted octanol–water partition coefficient (Wildman–Crippen LogP) is 4.87. The summed E-state index contributed by atoms with van der Waals surface area (Å²) < 4.78 is 43.9. The van der Waals surface area contributed by atoms with E-state index in [2.05, 4.69) is 34.9 Å². The highest BCUT2D eigenvalue weighted by Gasteiger charge is 2.29. The summed E-state index contributed by atoms with van der Waals surface area (Å²) in [6.45, 7) is 5.77. The standard InChI is InChI=1S/C44H54N2O14/c47-41(46-40-31-33(10-13-42(48)49)9-11-34(40)12-14-43(50)51)15-17-53-19-21-55-23-25-57-27-29-59-30-28-58-26-24-56-22-20-54-18-16-45-44(52)60-32-39-37-7-3-1-5-35(37)36-6-2-4-8-38(36)39/h1-14,31,39H,15-30,32H2,(H,45,52)(H,46,47)(H,48,49)(H,50,51)/b13-10+,14-12+. The van der Waals surface area contributed by atoms with E-state index in [0.717, 1.165) is 12.2 Å². The fourth-order valence-electron chi connectivity index (χ4n) is 5.93. The zero-order valence-corrected chi connectivity index (χ0v) is 33.6. The Balaban J connectivity index is 0.869. The molecule has 0 bridgehead atoms. The van der Waals surface area contributed by atoms with E-state index in [-0.39, 0.29) is 38.1 Å². The van der Waals surface area contributed by atoms with Crippen molar-refractivity contribution in [3.8, 4) is 11.1 Å². The Morgan fingerprint density at radius 1 is 0.567 bits per heavy atom. The fourth-order valence-corrected chi connectivity index (χ4v) is 5.93. The molecule has 0 spiro atoms. The lowest BCUT2D eigenvalue weighted by atomic mass is 9.98. The van der Waals surface area contributed by atoms with Gasteiger partial charge in [0, 0.05) is 30.3 Å². The van der Waals surface area contributed by atoms with Gasteiger partial charge < -0.3 is 58.7 Å². The molecule has 0 heterocycles. The number of ether oxygens (including phenoxy) is 8. The molecule has 0 fully saturated rings. The molecule has 16 heteroatoms. The van der Waals surface area contributed by atoms with Crippen LogP contribution in [0.4, 0.5) is 10.5 Å². The number of aliphatic carboxylic acids is 2. The number of hydrogen-bond acceptors (Lipinski definition) is 12. The number of hydrogen-bond donors (Lipinski definition) is 4. The minimum absolute atomic E-state index is 0.0177. The van der Waals surface area contributed by atoms with E-state index in [4.69, 9.17) is 48.1 Å². The van der Waals surface area contributed by atoms with Crippen molar-refractivity contribution >= 4 is 41.8 Å². The summed E-state index contributed by atoms with van der Waals surface area (Å²) in [6, 6.07) is 21.2. The Kier molecular flexibility index (Phi) is 22.1. The summed E-state index contributed by atoms with van der Waals surface area (Å²) in [5.41, 5.74) is 6.02. The minimum atomic E-state index is -1.15. The largest absolute Gasteiger partial charge is 0.478 e. The number of amides is 2. The zero-order chi connectivity index (χ0) is 42.6. The van der Waals surface area contributed by atoms with Crippen molar-refractivity contribution in [2.45, 2.75) is 12.3 Å². The van der Waals surface area contributed by atoms with Crippen LogP contribution in [0.15, 0.2) is 78.9 Å². The molecule has 3 aromatic carbocycles. The van der Waals surface area contributed by atoms with E-state index in [1.165, 1.54) is 34.4 Å². The maximum atomic E-state index is 12.5. The van der Waals surface area contributed by atoms with E-state index < -0.39 is 18.0 Å². The molecule has 0 aliphatic heterocycles. The molecule has 0 aromatic heterocycles. The Labute approximate surface area is 349 Å². The van der Waals surface area contributed by atoms with Crippen LogP contribution in [0.5, 0.6) is 0 Å². The van der Waals surface area contributed by atoms with Gasteiger partial charge in [0.25, 0.3) is 0 Å². The van der Waals surface area contributed by atoms with Gasteiger partial charge in [-0.3, -0.25) is 4.79 Å². The van der Waals surface area contributed by atoms with E-state index in [0.29, 0.717) is 103 Å². The van der Waals surface area contributed by atoms with Gasteiger partial charge in [0.05, 0.1) is 98.9 Å². The van der Waals surface area contributed by atoms with Crippen LogP contribution in [0.25, 0.3) is 23.3 Å². The van der Waals surface area contributed by atoms with Crippen molar-refractivity contribution in [3.63, 3.8) is 0 Å². The molecule has 0 unspecified atom stereocenters. The summed E-state index contributed by atoms with van der Waals surface area (Å²) in [6.07, 6.45) is 4.18. The van der Waals surface area contributed by atoms with Crippen LogP contribution >= 0.6 is 0 Å². The third-order valence-corrected chi connectivity index (χ3v) is 8.74. The second kappa shape index (κ2) is 28.1. The number of alkyl carbamates (subject to hydrolysis) is 1. The first kappa shape index (κ1) is 47.2. The second-order valence-electron chi connectivity index (χ2n) is 13.0. The van der Waals surface area contributed by atoms with Gasteiger partial charge >= 0.3 is 18.0 Å². The summed E-state index contributed by atoms with van der Waals surface area (Å²) in [4.78, 5) is 46.5. The average molecular weight is 835 g/mol. The Morgan fingerprint density at radius 2 is 1.03 bits per heavy atom. The summed E-state index contributed by atoms with van der Waals surface area (Å²) >= 11 is 0. The number of nitrogens with one attached hydrogen (secondary N) is 2. The summed E-state index contributed by atoms with van der Waals surface area (Å²) in [7, 11) is 0. The van der Waals surface area contributed by atoms with E-state index >= 15 is 0 Å². The number of anilines is 1. The molecule has 1 aliphatic rings. The van der Waals surface area contributed by atoms with Crippen molar-refractivity contribution in [2.24, 2.45) is 0 Å². The normalized spacial score (nSPS) is 12.1. The maximum Gasteiger partial charge on any atom is 0.407 e. The zero-order valence-electron chi connectivity index (χ0n) is 33.6. The van der Waals surface area contributed by atoms with Gasteiger partial charge in [0.2, 0.25) is 5.91 Å². The molecule has 0 radical (unpaired) electrons. The highest BCUT2D eigenvalue weighted by molar-refractivity contribution is 5.95. The first-order valence-corrected chi connectivity index (χ1v) is 19.7. The number of carboxylic acids is 2. The topological polar surface area (TPSA) is 207 Å². The van der Waals surface area contributed by atoms with Crippen LogP contribution in [-0.2, 0) is 52.3 Å². The van der Waals surface area contributed by atoms with E-state index in [1.807, 2.05) is 24.3 Å². The highest BCUT2D eigenvalue weighted by Crippen LogP contribution is 2.44. The Hall–Kier alpha value is -5.46. The first-order valence-electron chi connectivity index (χ1n) is 19.7. The third-order valence-electron chi connectivity index (χ3n) is 8.74. The Bertz CT molecular complexity index is 1800. The molecule has 16 nitrogen and oxygen atoms in total. The van der Waals surface area contributed by atoms with E-state index in [9.17, 15) is 19.2 Å². The van der Waals surface area contributed by atoms with Crippen molar-refractivity contribution < 1.29 is 67.3 Å². The summed E-state index contributed by atoms with van der Waals surface area (Å²) in [5, 5.41) is 23.2. The molecule has 0 atom stereocenters. The molecule has 60 heavy (non-hydrogen) atoms. The molecule has 3 aromatic rings. The SMILES string of the molecule is O=C(O)/C=C/c1ccc(/C=C/C(=O)O)c(NC(=O)CCOCCOCCOCCOCCOCCOCCOCCNC(=O)OCC2c3ccccc3-c3ccccc32)c1. The molecule has 0 saturated carbocycles. The van der Waals surface area contributed by atoms with Crippen LogP contribution in [0.3, 0.4) is 0 Å².